The Bertz CT molecular complexity index is 390. The summed E-state index contributed by atoms with van der Waals surface area (Å²) in [6.07, 6.45) is 1.97. The number of piperidine rings is 1. The molecule has 3 heteroatoms. The second-order valence-electron chi connectivity index (χ2n) is 4.53. The third kappa shape index (κ3) is 2.01. The Morgan fingerprint density at radius 2 is 2.12 bits per heavy atom. The molecule has 2 fully saturated rings. The van der Waals surface area contributed by atoms with Crippen LogP contribution in [0.4, 0.5) is 0 Å². The molecule has 0 amide bonds. The predicted octanol–water partition coefficient (Wildman–Crippen LogP) is 1.34. The Labute approximate surface area is 95.0 Å². The minimum absolute atomic E-state index is 0.208. The molecule has 3 nitrogen and oxygen atoms in total. The predicted molar refractivity (Wildman–Crippen MR) is 60.5 cm³/mol. The molecule has 2 unspecified atom stereocenters. The zero-order chi connectivity index (χ0) is 11.0. The second kappa shape index (κ2) is 4.00. The molecule has 0 aliphatic carbocycles. The average Bonchev–Trinajstić information content (AvgIpc) is 3.08. The maximum Gasteiger partial charge on any atom is 0.176 e. The summed E-state index contributed by atoms with van der Waals surface area (Å²) in [5, 5.41) is 0. The van der Waals surface area contributed by atoms with Gasteiger partial charge in [-0.1, -0.05) is 30.3 Å². The van der Waals surface area contributed by atoms with E-state index in [1.165, 1.54) is 0 Å². The number of rotatable bonds is 3. The molecule has 1 aromatic rings. The third-order valence-corrected chi connectivity index (χ3v) is 3.32. The van der Waals surface area contributed by atoms with E-state index in [1.807, 2.05) is 30.3 Å². The summed E-state index contributed by atoms with van der Waals surface area (Å²) >= 11 is 0. The van der Waals surface area contributed by atoms with Crippen molar-refractivity contribution in [3.63, 3.8) is 0 Å². The molecule has 84 valence electrons. The molecule has 2 aliphatic rings. The number of carbonyl (C=O) groups excluding carboxylic acids is 1. The molecular formula is C13H15NO2. The lowest BCUT2D eigenvalue weighted by Crippen LogP contribution is -2.38. The summed E-state index contributed by atoms with van der Waals surface area (Å²) in [7, 11) is 0. The Balaban J connectivity index is 1.60. The molecule has 2 aliphatic heterocycles. The number of hydrogen-bond donors (Lipinski definition) is 0. The van der Waals surface area contributed by atoms with Crippen molar-refractivity contribution in [1.29, 1.82) is 0 Å². The van der Waals surface area contributed by atoms with Crippen LogP contribution in [0.1, 0.15) is 16.8 Å². The maximum absolute atomic E-state index is 12.0. The third-order valence-electron chi connectivity index (χ3n) is 3.32. The number of benzene rings is 1. The van der Waals surface area contributed by atoms with Crippen molar-refractivity contribution in [2.45, 2.75) is 18.6 Å². The molecule has 0 spiro atoms. The maximum atomic E-state index is 12.0. The smallest absolute Gasteiger partial charge is 0.176 e. The van der Waals surface area contributed by atoms with Gasteiger partial charge in [-0.25, -0.2) is 0 Å². The van der Waals surface area contributed by atoms with Gasteiger partial charge >= 0.3 is 0 Å². The first-order chi connectivity index (χ1) is 7.83. The van der Waals surface area contributed by atoms with Crippen molar-refractivity contribution in [2.75, 3.05) is 19.6 Å². The quantitative estimate of drug-likeness (QED) is 0.566. The molecule has 0 radical (unpaired) electrons. The van der Waals surface area contributed by atoms with Crippen LogP contribution in [0.5, 0.6) is 0 Å². The van der Waals surface area contributed by atoms with E-state index >= 15 is 0 Å². The first kappa shape index (κ1) is 10.00. The van der Waals surface area contributed by atoms with Gasteiger partial charge < -0.3 is 4.74 Å². The summed E-state index contributed by atoms with van der Waals surface area (Å²) in [6.45, 7) is 2.43. The number of likely N-dealkylation sites (tertiary alicyclic amines) is 1. The van der Waals surface area contributed by atoms with E-state index in [1.54, 1.807) is 0 Å². The molecule has 16 heavy (non-hydrogen) atoms. The minimum Gasteiger partial charge on any atom is -0.368 e. The van der Waals surface area contributed by atoms with Crippen molar-refractivity contribution in [1.82, 2.24) is 4.90 Å². The number of Topliss-reactive ketones (excluding diaryl/α,β-unsaturated/α-hetero) is 1. The van der Waals surface area contributed by atoms with Gasteiger partial charge in [-0.05, 0) is 6.42 Å². The molecule has 0 bridgehead atoms. The molecule has 0 aromatic heterocycles. The molecular weight excluding hydrogens is 202 g/mol. The zero-order valence-electron chi connectivity index (χ0n) is 9.13. The van der Waals surface area contributed by atoms with E-state index in [0.29, 0.717) is 18.8 Å². The van der Waals surface area contributed by atoms with E-state index in [0.717, 1.165) is 25.1 Å². The zero-order valence-corrected chi connectivity index (χ0v) is 9.13. The summed E-state index contributed by atoms with van der Waals surface area (Å²) in [5.74, 6) is 0.208. The van der Waals surface area contributed by atoms with Crippen LogP contribution >= 0.6 is 0 Å². The highest BCUT2D eigenvalue weighted by molar-refractivity contribution is 5.97. The lowest BCUT2D eigenvalue weighted by Gasteiger charge is -2.23. The van der Waals surface area contributed by atoms with Gasteiger partial charge in [-0.2, -0.15) is 0 Å². The molecule has 2 saturated heterocycles. The van der Waals surface area contributed by atoms with Crippen LogP contribution in [0, 0.1) is 0 Å². The number of hydrogen-bond acceptors (Lipinski definition) is 3. The van der Waals surface area contributed by atoms with Gasteiger partial charge in [0.15, 0.2) is 5.78 Å². The highest BCUT2D eigenvalue weighted by atomic mass is 16.6. The Kier molecular flexibility index (Phi) is 2.50. The number of epoxide rings is 1. The molecule has 2 heterocycles. The van der Waals surface area contributed by atoms with E-state index in [4.69, 9.17) is 4.74 Å². The fourth-order valence-electron chi connectivity index (χ4n) is 2.31. The van der Waals surface area contributed by atoms with Crippen molar-refractivity contribution < 1.29 is 9.53 Å². The lowest BCUT2D eigenvalue weighted by molar-refractivity contribution is 0.0922. The molecule has 0 saturated carbocycles. The Morgan fingerprint density at radius 1 is 1.31 bits per heavy atom. The van der Waals surface area contributed by atoms with Crippen molar-refractivity contribution >= 4 is 5.78 Å². The summed E-state index contributed by atoms with van der Waals surface area (Å²) in [5.41, 5.74) is 0.807. The number of ether oxygens (including phenoxy) is 1. The van der Waals surface area contributed by atoms with Crippen LogP contribution in [0.2, 0.25) is 0 Å². The summed E-state index contributed by atoms with van der Waals surface area (Å²) in [6, 6.07) is 9.50. The van der Waals surface area contributed by atoms with Gasteiger partial charge in [0.1, 0.15) is 0 Å². The first-order valence-corrected chi connectivity index (χ1v) is 5.79. The van der Waals surface area contributed by atoms with Crippen LogP contribution in [0.3, 0.4) is 0 Å². The van der Waals surface area contributed by atoms with E-state index in [-0.39, 0.29) is 5.78 Å². The lowest BCUT2D eigenvalue weighted by atomic mass is 10.1. The Hall–Kier alpha value is -1.19. The van der Waals surface area contributed by atoms with Crippen LogP contribution < -0.4 is 0 Å². The number of fused-ring (bicyclic) bond motifs is 1. The van der Waals surface area contributed by atoms with Crippen LogP contribution in [0.25, 0.3) is 0 Å². The van der Waals surface area contributed by atoms with Crippen molar-refractivity contribution in [3.05, 3.63) is 35.9 Å². The topological polar surface area (TPSA) is 32.8 Å². The SMILES string of the molecule is O=C(CN1CCC2OC2C1)c1ccccc1. The average molecular weight is 217 g/mol. The standard InChI is InChI=1S/C13H15NO2/c15-11(10-4-2-1-3-5-10)8-14-7-6-12-13(9-14)16-12/h1-5,12-13H,6-9H2. The van der Waals surface area contributed by atoms with Crippen LogP contribution in [-0.2, 0) is 4.74 Å². The fraction of sp³-hybridized carbons (Fsp3) is 0.462. The minimum atomic E-state index is 0.208. The number of nitrogens with zero attached hydrogens (tertiary/aromatic N) is 1. The Morgan fingerprint density at radius 3 is 2.88 bits per heavy atom. The normalized spacial score (nSPS) is 28.5. The van der Waals surface area contributed by atoms with Gasteiger partial charge in [0, 0.05) is 18.7 Å². The number of carbonyl (C=O) groups is 1. The van der Waals surface area contributed by atoms with E-state index < -0.39 is 0 Å². The van der Waals surface area contributed by atoms with Crippen molar-refractivity contribution in [3.8, 4) is 0 Å². The van der Waals surface area contributed by atoms with Crippen molar-refractivity contribution in [2.24, 2.45) is 0 Å². The van der Waals surface area contributed by atoms with Gasteiger partial charge in [-0.3, -0.25) is 9.69 Å². The van der Waals surface area contributed by atoms with Gasteiger partial charge in [0.2, 0.25) is 0 Å². The van der Waals surface area contributed by atoms with Crippen LogP contribution in [-0.4, -0.2) is 42.5 Å². The molecule has 2 atom stereocenters. The van der Waals surface area contributed by atoms with Crippen LogP contribution in [0.15, 0.2) is 30.3 Å². The fourth-order valence-corrected chi connectivity index (χ4v) is 2.31. The monoisotopic (exact) mass is 217 g/mol. The second-order valence-corrected chi connectivity index (χ2v) is 4.53. The van der Waals surface area contributed by atoms with Gasteiger partial charge in [0.25, 0.3) is 0 Å². The first-order valence-electron chi connectivity index (χ1n) is 5.79. The molecule has 3 rings (SSSR count). The number of ketones is 1. The van der Waals surface area contributed by atoms with E-state index in [9.17, 15) is 4.79 Å². The van der Waals surface area contributed by atoms with Gasteiger partial charge in [0.05, 0.1) is 18.8 Å². The van der Waals surface area contributed by atoms with E-state index in [2.05, 4.69) is 4.90 Å². The summed E-state index contributed by atoms with van der Waals surface area (Å²) < 4.78 is 5.44. The highest BCUT2D eigenvalue weighted by Gasteiger charge is 2.43. The highest BCUT2D eigenvalue weighted by Crippen LogP contribution is 2.30. The van der Waals surface area contributed by atoms with Gasteiger partial charge in [-0.15, -0.1) is 0 Å². The largest absolute Gasteiger partial charge is 0.368 e. The summed E-state index contributed by atoms with van der Waals surface area (Å²) in [4.78, 5) is 14.1. The molecule has 0 N–H and O–H groups in total. The molecule has 1 aromatic carbocycles.